The van der Waals surface area contributed by atoms with Gasteiger partial charge in [-0.15, -0.1) is 0 Å². The quantitative estimate of drug-likeness (QED) is 0.692. The van der Waals surface area contributed by atoms with E-state index in [1.54, 1.807) is 0 Å². The number of nitrogens with two attached hydrogens (primary N) is 1. The van der Waals surface area contributed by atoms with E-state index in [0.29, 0.717) is 18.4 Å². The molecule has 1 aliphatic rings. The van der Waals surface area contributed by atoms with Crippen LogP contribution in [-0.4, -0.2) is 29.2 Å². The SMILES string of the molecule is CC[C@@H](N)C(=O)NCC1(O)CCC(C)(C)CC1. The molecule has 1 saturated carbocycles. The molecular formula is C13H26N2O2. The summed E-state index contributed by atoms with van der Waals surface area (Å²) < 4.78 is 0. The van der Waals surface area contributed by atoms with Gasteiger partial charge in [-0.25, -0.2) is 0 Å². The van der Waals surface area contributed by atoms with Crippen LogP contribution in [0.1, 0.15) is 52.9 Å². The van der Waals surface area contributed by atoms with Crippen molar-refractivity contribution in [1.82, 2.24) is 5.32 Å². The van der Waals surface area contributed by atoms with Gasteiger partial charge in [0.2, 0.25) is 5.91 Å². The van der Waals surface area contributed by atoms with E-state index in [1.807, 2.05) is 6.92 Å². The van der Waals surface area contributed by atoms with Gasteiger partial charge in [-0.2, -0.15) is 0 Å². The molecule has 4 heteroatoms. The first-order valence-electron chi connectivity index (χ1n) is 6.54. The summed E-state index contributed by atoms with van der Waals surface area (Å²) in [6, 6.07) is -0.460. The number of hydrogen-bond donors (Lipinski definition) is 3. The lowest BCUT2D eigenvalue weighted by Crippen LogP contribution is -2.50. The summed E-state index contributed by atoms with van der Waals surface area (Å²) >= 11 is 0. The Morgan fingerprint density at radius 1 is 1.35 bits per heavy atom. The molecule has 0 aliphatic heterocycles. The van der Waals surface area contributed by atoms with E-state index in [2.05, 4.69) is 19.2 Å². The van der Waals surface area contributed by atoms with Crippen molar-refractivity contribution in [1.29, 1.82) is 0 Å². The maximum Gasteiger partial charge on any atom is 0.237 e. The second-order valence-electron chi connectivity index (χ2n) is 6.12. The molecule has 1 rings (SSSR count). The summed E-state index contributed by atoms with van der Waals surface area (Å²) in [6.45, 7) is 6.65. The Bertz CT molecular complexity index is 267. The lowest BCUT2D eigenvalue weighted by atomic mass is 9.71. The zero-order valence-electron chi connectivity index (χ0n) is 11.3. The van der Waals surface area contributed by atoms with Gasteiger partial charge >= 0.3 is 0 Å². The van der Waals surface area contributed by atoms with E-state index in [9.17, 15) is 9.90 Å². The van der Waals surface area contributed by atoms with Crippen LogP contribution in [0.3, 0.4) is 0 Å². The van der Waals surface area contributed by atoms with Crippen LogP contribution in [0.25, 0.3) is 0 Å². The first kappa shape index (κ1) is 14.5. The molecule has 0 saturated heterocycles. The minimum atomic E-state index is -0.737. The number of carbonyl (C=O) groups is 1. The standard InChI is InChI=1S/C13H26N2O2/c1-4-10(14)11(16)15-9-13(17)7-5-12(2,3)6-8-13/h10,17H,4-9,14H2,1-3H3,(H,15,16)/t10-/m1/s1. The van der Waals surface area contributed by atoms with Crippen molar-refractivity contribution < 1.29 is 9.90 Å². The second-order valence-corrected chi connectivity index (χ2v) is 6.12. The van der Waals surface area contributed by atoms with Crippen LogP contribution in [0.4, 0.5) is 0 Å². The predicted molar refractivity (Wildman–Crippen MR) is 68.5 cm³/mol. The minimum Gasteiger partial charge on any atom is -0.388 e. The third-order valence-corrected chi connectivity index (χ3v) is 3.90. The van der Waals surface area contributed by atoms with Gasteiger partial charge in [0.05, 0.1) is 11.6 Å². The predicted octanol–water partition coefficient (Wildman–Crippen LogP) is 1.17. The highest BCUT2D eigenvalue weighted by molar-refractivity contribution is 5.81. The number of nitrogens with one attached hydrogen (secondary N) is 1. The summed E-state index contributed by atoms with van der Waals surface area (Å²) in [5.41, 5.74) is 5.20. The van der Waals surface area contributed by atoms with Crippen molar-refractivity contribution in [2.75, 3.05) is 6.54 Å². The number of amides is 1. The first-order valence-corrected chi connectivity index (χ1v) is 6.54. The molecule has 0 heterocycles. The topological polar surface area (TPSA) is 75.4 Å². The fraction of sp³-hybridized carbons (Fsp3) is 0.923. The minimum absolute atomic E-state index is 0.161. The van der Waals surface area contributed by atoms with Gasteiger partial charge in [0.1, 0.15) is 0 Å². The zero-order chi connectivity index (χ0) is 13.1. The molecule has 1 fully saturated rings. The van der Waals surface area contributed by atoms with Gasteiger partial charge in [0.25, 0.3) is 0 Å². The van der Waals surface area contributed by atoms with Crippen molar-refractivity contribution in [2.24, 2.45) is 11.1 Å². The Morgan fingerprint density at radius 2 is 1.88 bits per heavy atom. The molecule has 1 atom stereocenters. The van der Waals surface area contributed by atoms with E-state index in [1.165, 1.54) is 0 Å². The second kappa shape index (κ2) is 5.36. The average Bonchev–Trinajstić information content (AvgIpc) is 2.30. The van der Waals surface area contributed by atoms with E-state index in [-0.39, 0.29) is 5.91 Å². The third kappa shape index (κ3) is 4.28. The van der Waals surface area contributed by atoms with Crippen LogP contribution in [0.15, 0.2) is 0 Å². The number of carbonyl (C=O) groups excluding carboxylic acids is 1. The van der Waals surface area contributed by atoms with Crippen molar-refractivity contribution >= 4 is 5.91 Å². The Labute approximate surface area is 104 Å². The van der Waals surface area contributed by atoms with Gasteiger partial charge in [0.15, 0.2) is 0 Å². The van der Waals surface area contributed by atoms with E-state index >= 15 is 0 Å². The van der Waals surface area contributed by atoms with Crippen molar-refractivity contribution in [2.45, 2.75) is 64.5 Å². The fourth-order valence-corrected chi connectivity index (χ4v) is 2.14. The van der Waals surface area contributed by atoms with Gasteiger partial charge < -0.3 is 16.2 Å². The lowest BCUT2D eigenvalue weighted by Gasteiger charge is -2.40. The third-order valence-electron chi connectivity index (χ3n) is 3.90. The molecule has 100 valence electrons. The summed E-state index contributed by atoms with van der Waals surface area (Å²) in [5, 5.41) is 13.1. The highest BCUT2D eigenvalue weighted by Crippen LogP contribution is 2.39. The summed E-state index contributed by atoms with van der Waals surface area (Å²) in [5.74, 6) is -0.161. The van der Waals surface area contributed by atoms with E-state index in [0.717, 1.165) is 25.7 Å². The maximum absolute atomic E-state index is 11.5. The van der Waals surface area contributed by atoms with E-state index < -0.39 is 11.6 Å². The van der Waals surface area contributed by atoms with Gasteiger partial charge in [-0.3, -0.25) is 4.79 Å². The smallest absolute Gasteiger partial charge is 0.237 e. The number of aliphatic hydroxyl groups is 1. The molecular weight excluding hydrogens is 216 g/mol. The molecule has 4 nitrogen and oxygen atoms in total. The maximum atomic E-state index is 11.5. The van der Waals surface area contributed by atoms with Gasteiger partial charge in [0, 0.05) is 6.54 Å². The number of rotatable bonds is 4. The van der Waals surface area contributed by atoms with E-state index in [4.69, 9.17) is 5.73 Å². The van der Waals surface area contributed by atoms with Gasteiger partial charge in [-0.05, 0) is 37.5 Å². The normalized spacial score (nSPS) is 24.1. The molecule has 1 aliphatic carbocycles. The molecule has 4 N–H and O–H groups in total. The Hall–Kier alpha value is -0.610. The molecule has 0 unspecified atom stereocenters. The largest absolute Gasteiger partial charge is 0.388 e. The molecule has 0 bridgehead atoms. The Kier molecular flexibility index (Phi) is 4.55. The Balaban J connectivity index is 2.39. The van der Waals surface area contributed by atoms with Crippen molar-refractivity contribution in [3.63, 3.8) is 0 Å². The highest BCUT2D eigenvalue weighted by Gasteiger charge is 2.36. The molecule has 17 heavy (non-hydrogen) atoms. The average molecular weight is 242 g/mol. The molecule has 0 radical (unpaired) electrons. The van der Waals surface area contributed by atoms with Crippen LogP contribution in [0.2, 0.25) is 0 Å². The molecule has 0 aromatic carbocycles. The molecule has 0 aromatic heterocycles. The van der Waals surface area contributed by atoms with Crippen LogP contribution >= 0.6 is 0 Å². The zero-order valence-corrected chi connectivity index (χ0v) is 11.3. The van der Waals surface area contributed by atoms with Crippen LogP contribution in [0.5, 0.6) is 0 Å². The molecule has 0 spiro atoms. The number of hydrogen-bond acceptors (Lipinski definition) is 3. The van der Waals surface area contributed by atoms with Crippen LogP contribution in [-0.2, 0) is 4.79 Å². The van der Waals surface area contributed by atoms with Crippen LogP contribution < -0.4 is 11.1 Å². The fourth-order valence-electron chi connectivity index (χ4n) is 2.14. The monoisotopic (exact) mass is 242 g/mol. The van der Waals surface area contributed by atoms with Crippen molar-refractivity contribution in [3.8, 4) is 0 Å². The van der Waals surface area contributed by atoms with Crippen molar-refractivity contribution in [3.05, 3.63) is 0 Å². The highest BCUT2D eigenvalue weighted by atomic mass is 16.3. The first-order chi connectivity index (χ1) is 7.78. The summed E-state index contributed by atoms with van der Waals surface area (Å²) in [4.78, 5) is 11.5. The lowest BCUT2D eigenvalue weighted by molar-refractivity contribution is -0.124. The summed E-state index contributed by atoms with van der Waals surface area (Å²) in [7, 11) is 0. The van der Waals surface area contributed by atoms with Crippen LogP contribution in [0, 0.1) is 5.41 Å². The molecule has 0 aromatic rings. The molecule has 1 amide bonds. The van der Waals surface area contributed by atoms with Gasteiger partial charge in [-0.1, -0.05) is 20.8 Å². The summed E-state index contributed by atoms with van der Waals surface area (Å²) in [6.07, 6.45) is 4.12. The Morgan fingerprint density at radius 3 is 2.35 bits per heavy atom.